The van der Waals surface area contributed by atoms with Gasteiger partial charge < -0.3 is 15.7 Å². The van der Waals surface area contributed by atoms with Crippen LogP contribution in [0, 0.1) is 12.8 Å². The average molecular weight is 236 g/mol. The highest BCUT2D eigenvalue weighted by atomic mass is 16.3. The van der Waals surface area contributed by atoms with E-state index in [9.17, 15) is 9.90 Å². The molecule has 0 aromatic heterocycles. The van der Waals surface area contributed by atoms with Gasteiger partial charge in [-0.15, -0.1) is 0 Å². The summed E-state index contributed by atoms with van der Waals surface area (Å²) < 4.78 is 0. The molecule has 0 radical (unpaired) electrons. The van der Waals surface area contributed by atoms with Crippen molar-refractivity contribution in [1.29, 1.82) is 0 Å². The van der Waals surface area contributed by atoms with E-state index in [1.807, 2.05) is 6.92 Å². The largest absolute Gasteiger partial charge is 0.507 e. The molecule has 0 heterocycles. The van der Waals surface area contributed by atoms with Gasteiger partial charge in [0.05, 0.1) is 5.56 Å². The van der Waals surface area contributed by atoms with Gasteiger partial charge in [0, 0.05) is 13.6 Å². The number of para-hydroxylation sites is 1. The Bertz CT molecular complexity index is 404. The van der Waals surface area contributed by atoms with Gasteiger partial charge >= 0.3 is 0 Å². The molecule has 1 aromatic rings. The fraction of sp³-hybridized carbons (Fsp3) is 0.462. The molecule has 3 N–H and O–H groups in total. The number of phenolic OH excluding ortho intramolecular Hbond substituents is 1. The lowest BCUT2D eigenvalue weighted by atomic mass is 10.1. The Kier molecular flexibility index (Phi) is 4.52. The van der Waals surface area contributed by atoms with Crippen LogP contribution in [0.5, 0.6) is 5.75 Å². The molecular weight excluding hydrogens is 216 g/mol. The van der Waals surface area contributed by atoms with Crippen LogP contribution in [0.3, 0.4) is 0 Å². The fourth-order valence-corrected chi connectivity index (χ4v) is 1.66. The van der Waals surface area contributed by atoms with Gasteiger partial charge in [-0.3, -0.25) is 4.79 Å². The van der Waals surface area contributed by atoms with E-state index >= 15 is 0 Å². The van der Waals surface area contributed by atoms with Crippen molar-refractivity contribution in [3.63, 3.8) is 0 Å². The maximum atomic E-state index is 12.1. The first-order chi connectivity index (χ1) is 7.97. The predicted molar refractivity (Wildman–Crippen MR) is 68.0 cm³/mol. The van der Waals surface area contributed by atoms with Crippen LogP contribution in [0.15, 0.2) is 18.2 Å². The van der Waals surface area contributed by atoms with Crippen molar-refractivity contribution in [2.24, 2.45) is 11.7 Å². The van der Waals surface area contributed by atoms with E-state index < -0.39 is 0 Å². The highest BCUT2D eigenvalue weighted by Gasteiger charge is 2.17. The smallest absolute Gasteiger partial charge is 0.257 e. The monoisotopic (exact) mass is 236 g/mol. The molecule has 0 fully saturated rings. The molecule has 1 amide bonds. The van der Waals surface area contributed by atoms with Gasteiger partial charge in [-0.05, 0) is 31.0 Å². The molecule has 1 atom stereocenters. The van der Waals surface area contributed by atoms with Crippen LogP contribution in [-0.4, -0.2) is 36.1 Å². The number of rotatable bonds is 4. The minimum absolute atomic E-state index is 0.0600. The van der Waals surface area contributed by atoms with E-state index in [4.69, 9.17) is 5.73 Å². The second kappa shape index (κ2) is 5.68. The van der Waals surface area contributed by atoms with E-state index in [0.29, 0.717) is 24.2 Å². The van der Waals surface area contributed by atoms with Crippen LogP contribution in [0.25, 0.3) is 0 Å². The number of nitrogens with two attached hydrogens (primary N) is 1. The Hall–Kier alpha value is -1.55. The van der Waals surface area contributed by atoms with E-state index in [-0.39, 0.29) is 17.6 Å². The van der Waals surface area contributed by atoms with Crippen LogP contribution in [-0.2, 0) is 0 Å². The van der Waals surface area contributed by atoms with Crippen molar-refractivity contribution in [2.45, 2.75) is 13.8 Å². The molecule has 0 saturated heterocycles. The number of carbonyl (C=O) groups excluding carboxylic acids is 1. The zero-order valence-electron chi connectivity index (χ0n) is 10.6. The van der Waals surface area contributed by atoms with Gasteiger partial charge in [0.15, 0.2) is 0 Å². The summed E-state index contributed by atoms with van der Waals surface area (Å²) in [5, 5.41) is 9.84. The third kappa shape index (κ3) is 3.20. The number of amides is 1. The highest BCUT2D eigenvalue weighted by molar-refractivity contribution is 5.97. The summed E-state index contributed by atoms with van der Waals surface area (Å²) in [6.07, 6.45) is 0. The van der Waals surface area contributed by atoms with E-state index in [0.717, 1.165) is 0 Å². The molecule has 4 heteroatoms. The van der Waals surface area contributed by atoms with Crippen molar-refractivity contribution >= 4 is 5.91 Å². The zero-order valence-corrected chi connectivity index (χ0v) is 10.6. The molecule has 1 rings (SSSR count). The van der Waals surface area contributed by atoms with E-state index in [2.05, 4.69) is 0 Å². The molecule has 0 aliphatic heterocycles. The maximum Gasteiger partial charge on any atom is 0.257 e. The number of phenols is 1. The van der Waals surface area contributed by atoms with Crippen LogP contribution in [0.2, 0.25) is 0 Å². The lowest BCUT2D eigenvalue weighted by Gasteiger charge is -2.21. The molecule has 0 aliphatic rings. The summed E-state index contributed by atoms with van der Waals surface area (Å²) in [5.41, 5.74) is 6.57. The van der Waals surface area contributed by atoms with Gasteiger partial charge in [0.25, 0.3) is 5.91 Å². The summed E-state index contributed by atoms with van der Waals surface area (Å²) in [6.45, 7) is 4.88. The van der Waals surface area contributed by atoms with E-state index in [1.165, 1.54) is 0 Å². The lowest BCUT2D eigenvalue weighted by Crippen LogP contribution is -2.33. The van der Waals surface area contributed by atoms with Crippen LogP contribution in [0.4, 0.5) is 0 Å². The Balaban J connectivity index is 2.85. The number of hydrogen-bond donors (Lipinski definition) is 2. The summed E-state index contributed by atoms with van der Waals surface area (Å²) >= 11 is 0. The second-order valence-electron chi connectivity index (χ2n) is 4.50. The number of aromatic hydroxyl groups is 1. The fourth-order valence-electron chi connectivity index (χ4n) is 1.66. The summed E-state index contributed by atoms with van der Waals surface area (Å²) in [6, 6.07) is 5.17. The van der Waals surface area contributed by atoms with Gasteiger partial charge in [0.1, 0.15) is 5.75 Å². The number of carbonyl (C=O) groups is 1. The second-order valence-corrected chi connectivity index (χ2v) is 4.50. The first-order valence-electron chi connectivity index (χ1n) is 5.71. The van der Waals surface area contributed by atoms with Gasteiger partial charge in [0.2, 0.25) is 0 Å². The molecule has 0 spiro atoms. The molecule has 17 heavy (non-hydrogen) atoms. The molecule has 0 bridgehead atoms. The molecule has 0 saturated carbocycles. The van der Waals surface area contributed by atoms with E-state index in [1.54, 1.807) is 37.1 Å². The molecule has 4 nitrogen and oxygen atoms in total. The maximum absolute atomic E-state index is 12.1. The summed E-state index contributed by atoms with van der Waals surface area (Å²) in [4.78, 5) is 13.7. The Morgan fingerprint density at radius 3 is 2.76 bits per heavy atom. The molecule has 1 unspecified atom stereocenters. The Morgan fingerprint density at radius 1 is 1.53 bits per heavy atom. The van der Waals surface area contributed by atoms with Crippen LogP contribution in [0.1, 0.15) is 22.8 Å². The SMILES string of the molecule is Cc1cccc(C(=O)N(C)CC(C)CN)c1O. The van der Waals surface area contributed by atoms with Crippen LogP contribution >= 0.6 is 0 Å². The van der Waals surface area contributed by atoms with Crippen molar-refractivity contribution < 1.29 is 9.90 Å². The van der Waals surface area contributed by atoms with Crippen molar-refractivity contribution in [1.82, 2.24) is 4.90 Å². The van der Waals surface area contributed by atoms with Crippen molar-refractivity contribution in [3.05, 3.63) is 29.3 Å². The molecule has 94 valence electrons. The number of nitrogens with zero attached hydrogens (tertiary/aromatic N) is 1. The highest BCUT2D eigenvalue weighted by Crippen LogP contribution is 2.22. The predicted octanol–water partition coefficient (Wildman–Crippen LogP) is 1.37. The first-order valence-corrected chi connectivity index (χ1v) is 5.71. The number of benzene rings is 1. The van der Waals surface area contributed by atoms with Crippen LogP contribution < -0.4 is 5.73 Å². The topological polar surface area (TPSA) is 66.6 Å². The normalized spacial score (nSPS) is 12.2. The number of hydrogen-bond acceptors (Lipinski definition) is 3. The van der Waals surface area contributed by atoms with Crippen molar-refractivity contribution in [3.8, 4) is 5.75 Å². The number of aryl methyl sites for hydroxylation is 1. The standard InChI is InChI=1S/C13H20N2O2/c1-9(7-14)8-15(3)13(17)11-6-4-5-10(2)12(11)16/h4-6,9,16H,7-8,14H2,1-3H3. The van der Waals surface area contributed by atoms with Gasteiger partial charge in [-0.1, -0.05) is 19.1 Å². The Morgan fingerprint density at radius 2 is 2.18 bits per heavy atom. The third-order valence-electron chi connectivity index (χ3n) is 2.80. The van der Waals surface area contributed by atoms with Gasteiger partial charge in [-0.25, -0.2) is 0 Å². The minimum Gasteiger partial charge on any atom is -0.507 e. The lowest BCUT2D eigenvalue weighted by molar-refractivity contribution is 0.0774. The first kappa shape index (κ1) is 13.5. The summed E-state index contributed by atoms with van der Waals surface area (Å²) in [5.74, 6) is 0.132. The third-order valence-corrected chi connectivity index (χ3v) is 2.80. The quantitative estimate of drug-likeness (QED) is 0.829. The van der Waals surface area contributed by atoms with Gasteiger partial charge in [-0.2, -0.15) is 0 Å². The Labute approximate surface area is 102 Å². The molecule has 1 aromatic carbocycles. The summed E-state index contributed by atoms with van der Waals surface area (Å²) in [7, 11) is 1.72. The van der Waals surface area contributed by atoms with Crippen molar-refractivity contribution in [2.75, 3.05) is 20.1 Å². The average Bonchev–Trinajstić information content (AvgIpc) is 2.31. The zero-order chi connectivity index (χ0) is 13.0. The molecular formula is C13H20N2O2. The molecule has 0 aliphatic carbocycles. The minimum atomic E-state index is -0.175.